The predicted molar refractivity (Wildman–Crippen MR) is 117 cm³/mol. The van der Waals surface area contributed by atoms with E-state index in [0.29, 0.717) is 58.6 Å². The number of nitrogens with one attached hydrogen (secondary N) is 1. The lowest BCUT2D eigenvalue weighted by atomic mass is 9.91. The SMILES string of the molecule is CCOC(=O)N1CCC(O)(CNCC2(O)CCN(c3ccnc4cccnc34)C2)CC1. The number of hydrogen-bond acceptors (Lipinski definition) is 8. The Kier molecular flexibility index (Phi) is 6.27. The number of nitrogens with zero attached hydrogens (tertiary/aromatic N) is 4. The summed E-state index contributed by atoms with van der Waals surface area (Å²) in [4.78, 5) is 24.4. The Bertz CT molecular complexity index is 912. The number of carbonyl (C=O) groups excluding carboxylic acids is 1. The van der Waals surface area contributed by atoms with Crippen LogP contribution in [0.25, 0.3) is 11.0 Å². The highest BCUT2D eigenvalue weighted by Gasteiger charge is 2.38. The maximum absolute atomic E-state index is 11.8. The summed E-state index contributed by atoms with van der Waals surface area (Å²) in [6, 6.07) is 5.74. The number of piperidine rings is 1. The topological polar surface area (TPSA) is 111 Å². The van der Waals surface area contributed by atoms with Crippen LogP contribution >= 0.6 is 0 Å². The highest BCUT2D eigenvalue weighted by Crippen LogP contribution is 2.30. The summed E-state index contributed by atoms with van der Waals surface area (Å²) in [5, 5.41) is 25.2. The molecule has 4 heterocycles. The van der Waals surface area contributed by atoms with Gasteiger partial charge in [0.05, 0.1) is 29.0 Å². The Balaban J connectivity index is 1.29. The van der Waals surface area contributed by atoms with Crippen molar-refractivity contribution in [1.29, 1.82) is 0 Å². The van der Waals surface area contributed by atoms with Crippen LogP contribution in [0.1, 0.15) is 26.2 Å². The van der Waals surface area contributed by atoms with Crippen molar-refractivity contribution >= 4 is 22.8 Å². The smallest absolute Gasteiger partial charge is 0.409 e. The van der Waals surface area contributed by atoms with E-state index >= 15 is 0 Å². The summed E-state index contributed by atoms with van der Waals surface area (Å²) in [5.41, 5.74) is 0.885. The minimum atomic E-state index is -0.886. The van der Waals surface area contributed by atoms with Gasteiger partial charge >= 0.3 is 6.09 Å². The van der Waals surface area contributed by atoms with E-state index in [0.717, 1.165) is 23.3 Å². The molecule has 2 aliphatic rings. The molecule has 2 aliphatic heterocycles. The number of fused-ring (bicyclic) bond motifs is 1. The molecule has 168 valence electrons. The number of pyridine rings is 2. The lowest BCUT2D eigenvalue weighted by Crippen LogP contribution is -2.53. The monoisotopic (exact) mass is 429 g/mol. The standard InChI is InChI=1S/C22H31N5O4/c1-2-31-20(28)26-11-6-21(29,7-12-26)14-23-15-22(30)8-13-27(16-22)18-5-10-24-17-4-3-9-25-19(17)18/h3-5,9-10,23,29-30H,2,6-8,11-16H2,1H3. The molecule has 0 aromatic carbocycles. The number of rotatable bonds is 6. The maximum Gasteiger partial charge on any atom is 0.409 e. The van der Waals surface area contributed by atoms with Crippen molar-refractivity contribution < 1.29 is 19.7 Å². The zero-order valence-electron chi connectivity index (χ0n) is 18.0. The first kappa shape index (κ1) is 21.7. The highest BCUT2D eigenvalue weighted by atomic mass is 16.6. The van der Waals surface area contributed by atoms with Crippen molar-refractivity contribution in [2.24, 2.45) is 0 Å². The van der Waals surface area contributed by atoms with Gasteiger partial charge in [-0.2, -0.15) is 0 Å². The molecule has 0 spiro atoms. The zero-order chi connectivity index (χ0) is 21.9. The molecule has 2 fully saturated rings. The number of amides is 1. The minimum Gasteiger partial charge on any atom is -0.450 e. The fraction of sp³-hybridized carbons (Fsp3) is 0.591. The van der Waals surface area contributed by atoms with Crippen LogP contribution in [0.15, 0.2) is 30.6 Å². The molecular weight excluding hydrogens is 398 g/mol. The molecule has 1 amide bonds. The van der Waals surface area contributed by atoms with Crippen molar-refractivity contribution in [3.63, 3.8) is 0 Å². The number of ether oxygens (including phenoxy) is 1. The van der Waals surface area contributed by atoms with Crippen LogP contribution in [-0.2, 0) is 4.74 Å². The van der Waals surface area contributed by atoms with Crippen molar-refractivity contribution in [1.82, 2.24) is 20.2 Å². The average molecular weight is 430 g/mol. The molecule has 9 nitrogen and oxygen atoms in total. The molecule has 0 aliphatic carbocycles. The molecule has 2 aromatic rings. The van der Waals surface area contributed by atoms with Gasteiger partial charge in [-0.15, -0.1) is 0 Å². The third-order valence-electron chi connectivity index (χ3n) is 6.28. The van der Waals surface area contributed by atoms with E-state index < -0.39 is 11.2 Å². The van der Waals surface area contributed by atoms with Crippen molar-refractivity contribution in [2.75, 3.05) is 50.8 Å². The van der Waals surface area contributed by atoms with Gasteiger partial charge in [0.15, 0.2) is 0 Å². The number of aromatic nitrogens is 2. The molecule has 4 rings (SSSR count). The van der Waals surface area contributed by atoms with E-state index in [2.05, 4.69) is 20.2 Å². The number of likely N-dealkylation sites (tertiary alicyclic amines) is 1. The second-order valence-corrected chi connectivity index (χ2v) is 8.61. The molecule has 9 heteroatoms. The molecule has 3 N–H and O–H groups in total. The Labute approximate surface area is 182 Å². The summed E-state index contributed by atoms with van der Waals surface area (Å²) >= 11 is 0. The first-order valence-electron chi connectivity index (χ1n) is 10.9. The van der Waals surface area contributed by atoms with Crippen LogP contribution in [0.4, 0.5) is 10.5 Å². The molecule has 0 bridgehead atoms. The number of hydrogen-bond donors (Lipinski definition) is 3. The molecule has 0 radical (unpaired) electrons. The number of β-amino-alcohol motifs (C(OH)–C–C–N with tert-alkyl or cyclic N) is 1. The van der Waals surface area contributed by atoms with E-state index in [9.17, 15) is 15.0 Å². The summed E-state index contributed by atoms with van der Waals surface area (Å²) in [7, 11) is 0. The third-order valence-corrected chi connectivity index (χ3v) is 6.28. The Morgan fingerprint density at radius 2 is 1.84 bits per heavy atom. The van der Waals surface area contributed by atoms with Gasteiger partial charge in [-0.3, -0.25) is 9.97 Å². The second kappa shape index (κ2) is 8.94. The lowest BCUT2D eigenvalue weighted by Gasteiger charge is -2.38. The van der Waals surface area contributed by atoms with Gasteiger partial charge < -0.3 is 30.1 Å². The molecule has 31 heavy (non-hydrogen) atoms. The highest BCUT2D eigenvalue weighted by molar-refractivity contribution is 5.87. The van der Waals surface area contributed by atoms with Gasteiger partial charge in [0.1, 0.15) is 5.52 Å². The van der Waals surface area contributed by atoms with Crippen LogP contribution in [0.3, 0.4) is 0 Å². The molecule has 1 atom stereocenters. The minimum absolute atomic E-state index is 0.323. The van der Waals surface area contributed by atoms with Gasteiger partial charge in [-0.05, 0) is 44.4 Å². The van der Waals surface area contributed by atoms with Gasteiger partial charge in [0.2, 0.25) is 0 Å². The Morgan fingerprint density at radius 1 is 1.10 bits per heavy atom. The molecule has 0 saturated carbocycles. The fourth-order valence-corrected chi connectivity index (χ4v) is 4.45. The lowest BCUT2D eigenvalue weighted by molar-refractivity contribution is -0.0235. The average Bonchev–Trinajstić information content (AvgIpc) is 3.15. The molecule has 1 unspecified atom stereocenters. The maximum atomic E-state index is 11.8. The first-order valence-corrected chi connectivity index (χ1v) is 10.9. The number of anilines is 1. The van der Waals surface area contributed by atoms with Crippen molar-refractivity contribution in [3.8, 4) is 0 Å². The fourth-order valence-electron chi connectivity index (χ4n) is 4.45. The summed E-state index contributed by atoms with van der Waals surface area (Å²) < 4.78 is 5.03. The largest absolute Gasteiger partial charge is 0.450 e. The van der Waals surface area contributed by atoms with E-state index in [1.54, 1.807) is 24.2 Å². The van der Waals surface area contributed by atoms with Gasteiger partial charge in [-0.25, -0.2) is 4.79 Å². The van der Waals surface area contributed by atoms with Gasteiger partial charge in [0.25, 0.3) is 0 Å². The van der Waals surface area contributed by atoms with E-state index in [-0.39, 0.29) is 6.09 Å². The van der Waals surface area contributed by atoms with Gasteiger partial charge in [-0.1, -0.05) is 0 Å². The van der Waals surface area contributed by atoms with Crippen LogP contribution < -0.4 is 10.2 Å². The summed E-state index contributed by atoms with van der Waals surface area (Å²) in [6.45, 7) is 5.06. The van der Waals surface area contributed by atoms with E-state index in [1.807, 2.05) is 18.2 Å². The Hall–Kier alpha value is -2.49. The van der Waals surface area contributed by atoms with E-state index in [1.165, 1.54) is 0 Å². The van der Waals surface area contributed by atoms with Crippen LogP contribution in [0, 0.1) is 0 Å². The predicted octanol–water partition coefficient (Wildman–Crippen LogP) is 1.14. The van der Waals surface area contributed by atoms with Gasteiger partial charge in [0, 0.05) is 51.7 Å². The van der Waals surface area contributed by atoms with Crippen LogP contribution in [0.5, 0.6) is 0 Å². The summed E-state index contributed by atoms with van der Waals surface area (Å²) in [6.07, 6.45) is 4.80. The number of aliphatic hydroxyl groups is 2. The molecule has 2 aromatic heterocycles. The van der Waals surface area contributed by atoms with Crippen LogP contribution in [-0.4, -0.2) is 88.3 Å². The van der Waals surface area contributed by atoms with E-state index in [4.69, 9.17) is 4.74 Å². The second-order valence-electron chi connectivity index (χ2n) is 8.61. The van der Waals surface area contributed by atoms with Crippen molar-refractivity contribution in [2.45, 2.75) is 37.4 Å². The summed E-state index contributed by atoms with van der Waals surface area (Å²) in [5.74, 6) is 0. The van der Waals surface area contributed by atoms with Crippen molar-refractivity contribution in [3.05, 3.63) is 30.6 Å². The Morgan fingerprint density at radius 3 is 2.61 bits per heavy atom. The zero-order valence-corrected chi connectivity index (χ0v) is 18.0. The first-order chi connectivity index (χ1) is 14.9. The third kappa shape index (κ3) is 4.89. The number of carbonyl (C=O) groups is 1. The molecule has 2 saturated heterocycles. The normalized spacial score (nSPS) is 23.3. The quantitative estimate of drug-likeness (QED) is 0.627. The van der Waals surface area contributed by atoms with Crippen LogP contribution in [0.2, 0.25) is 0 Å². The molecular formula is C22H31N5O4.